The number of anilines is 1. The molecule has 1 atom stereocenters. The largest absolute Gasteiger partial charge is 0.383 e. The van der Waals surface area contributed by atoms with Gasteiger partial charge < -0.3 is 5.73 Å². The lowest BCUT2D eigenvalue weighted by Gasteiger charge is -2.17. The van der Waals surface area contributed by atoms with Crippen LogP contribution in [0.1, 0.15) is 35.3 Å². The summed E-state index contributed by atoms with van der Waals surface area (Å²) in [5, 5.41) is 4.53. The van der Waals surface area contributed by atoms with Crippen molar-refractivity contribution in [3.05, 3.63) is 44.2 Å². The van der Waals surface area contributed by atoms with E-state index in [4.69, 9.17) is 5.73 Å². The molecule has 0 spiro atoms. The molecule has 1 heterocycles. The Balaban J connectivity index is 2.47. The van der Waals surface area contributed by atoms with Crippen molar-refractivity contribution in [3.63, 3.8) is 0 Å². The molecule has 2 rings (SSSR count). The van der Waals surface area contributed by atoms with Gasteiger partial charge in [-0.25, -0.2) is 4.68 Å². The molecule has 0 saturated carbocycles. The molecule has 0 radical (unpaired) electrons. The highest BCUT2D eigenvalue weighted by molar-refractivity contribution is 14.1. The molecular formula is C14H18IN3. The molecule has 0 aliphatic rings. The predicted octanol–water partition coefficient (Wildman–Crippen LogP) is 3.60. The summed E-state index contributed by atoms with van der Waals surface area (Å²) in [6.07, 6.45) is 0. The fourth-order valence-corrected chi connectivity index (χ4v) is 2.62. The lowest BCUT2D eigenvalue weighted by atomic mass is 10.0. The molecule has 2 N–H and O–H groups in total. The van der Waals surface area contributed by atoms with Crippen LogP contribution in [0.3, 0.4) is 0 Å². The second-order valence-corrected chi connectivity index (χ2v) is 5.84. The molecule has 0 amide bonds. The maximum atomic E-state index is 6.11. The summed E-state index contributed by atoms with van der Waals surface area (Å²) in [5.41, 5.74) is 10.9. The Morgan fingerprint density at radius 3 is 2.44 bits per heavy atom. The molecular weight excluding hydrogens is 337 g/mol. The average Bonchev–Trinajstić information content (AvgIpc) is 2.56. The number of aryl methyl sites for hydroxylation is 3. The molecule has 3 nitrogen and oxygen atoms in total. The smallest absolute Gasteiger partial charge is 0.136 e. The summed E-state index contributed by atoms with van der Waals surface area (Å²) in [6.45, 7) is 8.37. The number of hydrogen-bond donors (Lipinski definition) is 1. The molecule has 0 aliphatic heterocycles. The lowest BCUT2D eigenvalue weighted by molar-refractivity contribution is 0.566. The van der Waals surface area contributed by atoms with E-state index in [-0.39, 0.29) is 6.04 Å². The van der Waals surface area contributed by atoms with Gasteiger partial charge in [-0.2, -0.15) is 5.10 Å². The van der Waals surface area contributed by atoms with E-state index in [0.29, 0.717) is 0 Å². The molecule has 1 unspecified atom stereocenters. The highest BCUT2D eigenvalue weighted by atomic mass is 127. The quantitative estimate of drug-likeness (QED) is 0.837. The van der Waals surface area contributed by atoms with Crippen LogP contribution in [0.4, 0.5) is 5.82 Å². The van der Waals surface area contributed by atoms with Crippen molar-refractivity contribution < 1.29 is 0 Å². The van der Waals surface area contributed by atoms with E-state index in [1.165, 1.54) is 16.7 Å². The molecule has 0 bridgehead atoms. The fraction of sp³-hybridized carbons (Fsp3) is 0.357. The van der Waals surface area contributed by atoms with Crippen molar-refractivity contribution in [3.8, 4) is 0 Å². The first-order valence-electron chi connectivity index (χ1n) is 5.99. The zero-order chi connectivity index (χ0) is 13.4. The standard InChI is InChI=1S/C14H18IN3/c1-8-5-6-12(9(2)7-8)11(4)18-14(16)13(15)10(3)17-18/h5-7,11H,16H2,1-4H3. The molecule has 4 heteroatoms. The van der Waals surface area contributed by atoms with Crippen molar-refractivity contribution in [2.24, 2.45) is 0 Å². The third kappa shape index (κ3) is 2.25. The first kappa shape index (κ1) is 13.4. The monoisotopic (exact) mass is 355 g/mol. The van der Waals surface area contributed by atoms with Crippen molar-refractivity contribution in [1.82, 2.24) is 9.78 Å². The number of nitrogens with two attached hydrogens (primary N) is 1. The van der Waals surface area contributed by atoms with E-state index >= 15 is 0 Å². The minimum Gasteiger partial charge on any atom is -0.383 e. The minimum atomic E-state index is 0.160. The van der Waals surface area contributed by atoms with Gasteiger partial charge in [-0.05, 0) is 61.4 Å². The minimum absolute atomic E-state index is 0.160. The van der Waals surface area contributed by atoms with Crippen molar-refractivity contribution >= 4 is 28.4 Å². The van der Waals surface area contributed by atoms with E-state index in [9.17, 15) is 0 Å². The molecule has 1 aromatic carbocycles. The van der Waals surface area contributed by atoms with Crippen LogP contribution in [0.25, 0.3) is 0 Å². The summed E-state index contributed by atoms with van der Waals surface area (Å²) in [7, 11) is 0. The number of hydrogen-bond acceptors (Lipinski definition) is 2. The Morgan fingerprint density at radius 2 is 1.94 bits per heavy atom. The number of benzene rings is 1. The summed E-state index contributed by atoms with van der Waals surface area (Å²) in [6, 6.07) is 6.66. The summed E-state index contributed by atoms with van der Waals surface area (Å²) in [5.74, 6) is 0.751. The van der Waals surface area contributed by atoms with E-state index < -0.39 is 0 Å². The first-order chi connectivity index (χ1) is 8.41. The molecule has 18 heavy (non-hydrogen) atoms. The third-order valence-electron chi connectivity index (χ3n) is 3.29. The summed E-state index contributed by atoms with van der Waals surface area (Å²) < 4.78 is 2.96. The fourth-order valence-electron chi connectivity index (χ4n) is 2.27. The second kappa shape index (κ2) is 4.91. The van der Waals surface area contributed by atoms with Gasteiger partial charge in [0.25, 0.3) is 0 Å². The Bertz CT molecular complexity index is 587. The number of nitrogens with zero attached hydrogens (tertiary/aromatic N) is 2. The van der Waals surface area contributed by atoms with Crippen LogP contribution >= 0.6 is 22.6 Å². The summed E-state index contributed by atoms with van der Waals surface area (Å²) in [4.78, 5) is 0. The third-order valence-corrected chi connectivity index (χ3v) is 4.62. The molecule has 1 aromatic heterocycles. The van der Waals surface area contributed by atoms with Crippen molar-refractivity contribution in [1.29, 1.82) is 0 Å². The van der Waals surface area contributed by atoms with Crippen LogP contribution in [0, 0.1) is 24.3 Å². The Morgan fingerprint density at radius 1 is 1.28 bits per heavy atom. The number of halogens is 1. The van der Waals surface area contributed by atoms with E-state index in [0.717, 1.165) is 15.1 Å². The average molecular weight is 355 g/mol. The van der Waals surface area contributed by atoms with Gasteiger partial charge in [0, 0.05) is 0 Å². The lowest BCUT2D eigenvalue weighted by Crippen LogP contribution is -2.13. The number of rotatable bonds is 2. The highest BCUT2D eigenvalue weighted by Gasteiger charge is 2.17. The molecule has 2 aromatic rings. The normalized spacial score (nSPS) is 12.7. The van der Waals surface area contributed by atoms with Gasteiger partial charge in [0.1, 0.15) is 5.82 Å². The van der Waals surface area contributed by atoms with Crippen LogP contribution in [0.15, 0.2) is 18.2 Å². The molecule has 0 aliphatic carbocycles. The van der Waals surface area contributed by atoms with Gasteiger partial charge in [0.15, 0.2) is 0 Å². The zero-order valence-electron chi connectivity index (χ0n) is 11.2. The van der Waals surface area contributed by atoms with Gasteiger partial charge in [-0.1, -0.05) is 23.8 Å². The highest BCUT2D eigenvalue weighted by Crippen LogP contribution is 2.27. The van der Waals surface area contributed by atoms with Crippen molar-refractivity contribution in [2.45, 2.75) is 33.7 Å². The Labute approximate surface area is 122 Å². The summed E-state index contributed by atoms with van der Waals surface area (Å²) >= 11 is 2.25. The van der Waals surface area contributed by atoms with E-state index in [2.05, 4.69) is 66.7 Å². The number of nitrogen functional groups attached to an aromatic ring is 1. The second-order valence-electron chi connectivity index (χ2n) is 4.77. The topological polar surface area (TPSA) is 43.8 Å². The Hall–Kier alpha value is -1.04. The van der Waals surface area contributed by atoms with Crippen molar-refractivity contribution in [2.75, 3.05) is 5.73 Å². The predicted molar refractivity (Wildman–Crippen MR) is 83.8 cm³/mol. The van der Waals surface area contributed by atoms with E-state index in [1.54, 1.807) is 0 Å². The molecule has 0 saturated heterocycles. The van der Waals surface area contributed by atoms with Gasteiger partial charge in [-0.3, -0.25) is 0 Å². The molecule has 0 fully saturated rings. The van der Waals surface area contributed by atoms with Gasteiger partial charge in [0.05, 0.1) is 15.3 Å². The van der Waals surface area contributed by atoms with Crippen LogP contribution in [-0.2, 0) is 0 Å². The SMILES string of the molecule is Cc1ccc(C(C)n2nc(C)c(I)c2N)c(C)c1. The van der Waals surface area contributed by atoms with Gasteiger partial charge >= 0.3 is 0 Å². The Kier molecular flexibility index (Phi) is 3.66. The van der Waals surface area contributed by atoms with E-state index in [1.807, 2.05) is 11.6 Å². The maximum Gasteiger partial charge on any atom is 0.136 e. The number of aromatic nitrogens is 2. The van der Waals surface area contributed by atoms with Crippen LogP contribution in [-0.4, -0.2) is 9.78 Å². The van der Waals surface area contributed by atoms with Crippen LogP contribution in [0.2, 0.25) is 0 Å². The van der Waals surface area contributed by atoms with Gasteiger partial charge in [0.2, 0.25) is 0 Å². The first-order valence-corrected chi connectivity index (χ1v) is 7.07. The van der Waals surface area contributed by atoms with Crippen LogP contribution < -0.4 is 5.73 Å². The van der Waals surface area contributed by atoms with Gasteiger partial charge in [-0.15, -0.1) is 0 Å². The van der Waals surface area contributed by atoms with Crippen LogP contribution in [0.5, 0.6) is 0 Å². The maximum absolute atomic E-state index is 6.11. The zero-order valence-corrected chi connectivity index (χ0v) is 13.3. The molecule has 96 valence electrons.